The topological polar surface area (TPSA) is 124 Å². The van der Waals surface area contributed by atoms with Crippen LogP contribution in [0.15, 0.2) is 41.4 Å². The maximum Gasteiger partial charge on any atom is 0.328 e. The maximum absolute atomic E-state index is 12.8. The van der Waals surface area contributed by atoms with Crippen molar-refractivity contribution in [3.8, 4) is 11.3 Å². The highest BCUT2D eigenvalue weighted by Crippen LogP contribution is 2.25. The molecule has 2 aromatic rings. The number of imide groups is 1. The number of amides is 4. The van der Waals surface area contributed by atoms with E-state index < -0.39 is 18.2 Å². The fourth-order valence-corrected chi connectivity index (χ4v) is 4.40. The second-order valence-electron chi connectivity index (χ2n) is 8.59. The summed E-state index contributed by atoms with van der Waals surface area (Å²) in [5.74, 6) is 0.116. The lowest BCUT2D eigenvalue weighted by molar-refractivity contribution is -0.136. The number of urea groups is 1. The predicted molar refractivity (Wildman–Crippen MR) is 128 cm³/mol. The third-order valence-corrected chi connectivity index (χ3v) is 6.33. The van der Waals surface area contributed by atoms with Gasteiger partial charge in [0.2, 0.25) is 5.91 Å². The van der Waals surface area contributed by atoms with Crippen molar-refractivity contribution in [1.29, 1.82) is 0 Å². The van der Waals surface area contributed by atoms with Crippen LogP contribution in [0.25, 0.3) is 11.3 Å². The van der Waals surface area contributed by atoms with Gasteiger partial charge in [0, 0.05) is 38.4 Å². The summed E-state index contributed by atoms with van der Waals surface area (Å²) in [5.41, 5.74) is 2.10. The molecule has 2 saturated heterocycles. The highest BCUT2D eigenvalue weighted by molar-refractivity contribution is 6.03. The van der Waals surface area contributed by atoms with Crippen LogP contribution in [-0.4, -0.2) is 108 Å². The fraction of sp³-hybridized carbons (Fsp3) is 0.391. The van der Waals surface area contributed by atoms with Gasteiger partial charge >= 0.3 is 6.03 Å². The molecule has 1 N–H and O–H groups in total. The minimum Gasteiger partial charge on any atom is -0.378 e. The third kappa shape index (κ3) is 4.39. The molecule has 35 heavy (non-hydrogen) atoms. The van der Waals surface area contributed by atoms with Gasteiger partial charge in [-0.2, -0.15) is 0 Å². The number of anilines is 2. The van der Waals surface area contributed by atoms with Gasteiger partial charge in [-0.3, -0.25) is 14.5 Å². The number of likely N-dealkylation sites (N-methyl/N-ethyl adjacent to an activating group) is 2. The van der Waals surface area contributed by atoms with Crippen LogP contribution < -0.4 is 10.2 Å². The molecular weight excluding hydrogens is 452 g/mol. The zero-order valence-electron chi connectivity index (χ0n) is 19.5. The van der Waals surface area contributed by atoms with E-state index in [2.05, 4.69) is 25.4 Å². The largest absolute Gasteiger partial charge is 0.378 e. The number of hydrogen-bond donors (Lipinski definition) is 1. The molecule has 3 aliphatic rings. The number of carbonyl (C=O) groups is 3. The SMILES string of the molecule is CN1C(=O)C2C(N=CN2CC(=O)Nc2cccc(-c3ccc(N4CCOCC4)nn3)c2)N(C)C1=O. The molecule has 0 aliphatic carbocycles. The lowest BCUT2D eigenvalue weighted by Gasteiger charge is -2.39. The Morgan fingerprint density at radius 3 is 2.66 bits per heavy atom. The molecular formula is C23H26N8O4. The van der Waals surface area contributed by atoms with Crippen molar-refractivity contribution in [2.75, 3.05) is 57.2 Å². The number of morpholine rings is 1. The summed E-state index contributed by atoms with van der Waals surface area (Å²) in [4.78, 5) is 48.0. The molecule has 182 valence electrons. The van der Waals surface area contributed by atoms with Gasteiger partial charge in [0.15, 0.2) is 18.0 Å². The normalized spacial score (nSPS) is 22.0. The molecule has 5 rings (SSSR count). The highest BCUT2D eigenvalue weighted by Gasteiger charge is 2.48. The zero-order valence-corrected chi connectivity index (χ0v) is 19.5. The first-order valence-corrected chi connectivity index (χ1v) is 11.3. The molecule has 2 atom stereocenters. The van der Waals surface area contributed by atoms with E-state index in [1.54, 1.807) is 18.0 Å². The van der Waals surface area contributed by atoms with Crippen LogP contribution in [0.5, 0.6) is 0 Å². The Balaban J connectivity index is 1.24. The average molecular weight is 479 g/mol. The van der Waals surface area contributed by atoms with Gasteiger partial charge < -0.3 is 24.8 Å². The smallest absolute Gasteiger partial charge is 0.328 e. The summed E-state index contributed by atoms with van der Waals surface area (Å²) in [6.07, 6.45) is 0.818. The van der Waals surface area contributed by atoms with Crippen LogP contribution in [0.3, 0.4) is 0 Å². The van der Waals surface area contributed by atoms with Gasteiger partial charge in [-0.25, -0.2) is 9.79 Å². The Morgan fingerprint density at radius 1 is 1.11 bits per heavy atom. The number of benzene rings is 1. The summed E-state index contributed by atoms with van der Waals surface area (Å²) in [7, 11) is 3.02. The molecule has 0 spiro atoms. The Labute approximate surface area is 202 Å². The minimum absolute atomic E-state index is 0.0788. The standard InChI is InChI=1S/C23H26N8O4/c1-28-21-20(22(33)29(2)23(28)34)31(14-24-21)13-19(32)25-16-5-3-4-15(12-16)17-6-7-18(27-26-17)30-8-10-35-11-9-30/h3-7,12,14,20-21H,8-11,13H2,1-2H3,(H,25,32). The molecule has 0 radical (unpaired) electrons. The van der Waals surface area contributed by atoms with E-state index in [0.717, 1.165) is 29.4 Å². The first-order valence-electron chi connectivity index (χ1n) is 11.3. The molecule has 12 heteroatoms. The summed E-state index contributed by atoms with van der Waals surface area (Å²) in [6, 6.07) is 10.0. The molecule has 1 aromatic carbocycles. The number of carbonyl (C=O) groups excluding carboxylic acids is 3. The Kier molecular flexibility index (Phi) is 6.03. The Bertz CT molecular complexity index is 1160. The van der Waals surface area contributed by atoms with E-state index in [4.69, 9.17) is 4.74 Å². The van der Waals surface area contributed by atoms with E-state index in [-0.39, 0.29) is 18.4 Å². The molecule has 0 bridgehead atoms. The van der Waals surface area contributed by atoms with Crippen molar-refractivity contribution in [2.45, 2.75) is 12.2 Å². The second-order valence-corrected chi connectivity index (χ2v) is 8.59. The number of ether oxygens (including phenoxy) is 1. The van der Waals surface area contributed by atoms with E-state index in [1.165, 1.54) is 18.3 Å². The number of fused-ring (bicyclic) bond motifs is 1. The average Bonchev–Trinajstić information content (AvgIpc) is 3.30. The molecule has 12 nitrogen and oxygen atoms in total. The van der Waals surface area contributed by atoms with Gasteiger partial charge in [-0.1, -0.05) is 12.1 Å². The van der Waals surface area contributed by atoms with Gasteiger partial charge in [0.25, 0.3) is 5.91 Å². The van der Waals surface area contributed by atoms with Crippen LogP contribution in [0, 0.1) is 0 Å². The number of aliphatic imine (C=N–C) groups is 1. The Morgan fingerprint density at radius 2 is 1.91 bits per heavy atom. The van der Waals surface area contributed by atoms with Crippen LogP contribution in [0.1, 0.15) is 0 Å². The molecule has 1 aromatic heterocycles. The van der Waals surface area contributed by atoms with Crippen molar-refractivity contribution in [2.24, 2.45) is 4.99 Å². The van der Waals surface area contributed by atoms with E-state index in [0.29, 0.717) is 24.6 Å². The van der Waals surface area contributed by atoms with Gasteiger partial charge in [-0.05, 0) is 24.3 Å². The molecule has 0 saturated carbocycles. The summed E-state index contributed by atoms with van der Waals surface area (Å²) in [6.45, 7) is 2.84. The van der Waals surface area contributed by atoms with E-state index >= 15 is 0 Å². The van der Waals surface area contributed by atoms with Crippen molar-refractivity contribution < 1.29 is 19.1 Å². The summed E-state index contributed by atoms with van der Waals surface area (Å²) >= 11 is 0. The van der Waals surface area contributed by atoms with Crippen LogP contribution >= 0.6 is 0 Å². The van der Waals surface area contributed by atoms with Crippen LogP contribution in [0.4, 0.5) is 16.3 Å². The van der Waals surface area contributed by atoms with Crippen molar-refractivity contribution in [3.05, 3.63) is 36.4 Å². The number of nitrogens with one attached hydrogen (secondary N) is 1. The fourth-order valence-electron chi connectivity index (χ4n) is 4.40. The van der Waals surface area contributed by atoms with Gasteiger partial charge in [0.05, 0.1) is 31.8 Å². The van der Waals surface area contributed by atoms with Crippen molar-refractivity contribution in [1.82, 2.24) is 24.9 Å². The van der Waals surface area contributed by atoms with Gasteiger partial charge in [0.1, 0.15) is 0 Å². The lowest BCUT2D eigenvalue weighted by Crippen LogP contribution is -2.64. The molecule has 2 unspecified atom stereocenters. The van der Waals surface area contributed by atoms with E-state index in [1.807, 2.05) is 30.3 Å². The van der Waals surface area contributed by atoms with Crippen molar-refractivity contribution >= 4 is 35.7 Å². The lowest BCUT2D eigenvalue weighted by atomic mass is 10.1. The monoisotopic (exact) mass is 478 g/mol. The first kappa shape index (κ1) is 22.7. The quantitative estimate of drug-likeness (QED) is 0.658. The molecule has 2 fully saturated rings. The highest BCUT2D eigenvalue weighted by atomic mass is 16.5. The maximum atomic E-state index is 12.8. The molecule has 4 heterocycles. The summed E-state index contributed by atoms with van der Waals surface area (Å²) < 4.78 is 5.38. The molecule has 4 amide bonds. The number of hydrogen-bond acceptors (Lipinski definition) is 9. The van der Waals surface area contributed by atoms with Crippen molar-refractivity contribution in [3.63, 3.8) is 0 Å². The van der Waals surface area contributed by atoms with Crippen LogP contribution in [-0.2, 0) is 14.3 Å². The predicted octanol–water partition coefficient (Wildman–Crippen LogP) is 0.481. The second kappa shape index (κ2) is 9.29. The number of aromatic nitrogens is 2. The Hall–Kier alpha value is -4.06. The first-order chi connectivity index (χ1) is 16.9. The third-order valence-electron chi connectivity index (χ3n) is 6.33. The van der Waals surface area contributed by atoms with Gasteiger partial charge in [-0.15, -0.1) is 10.2 Å². The minimum atomic E-state index is -0.722. The zero-order chi connectivity index (χ0) is 24.5. The summed E-state index contributed by atoms with van der Waals surface area (Å²) in [5, 5.41) is 11.6. The number of nitrogens with zero attached hydrogens (tertiary/aromatic N) is 7. The van der Waals surface area contributed by atoms with Crippen LogP contribution in [0.2, 0.25) is 0 Å². The number of rotatable bonds is 5. The van der Waals surface area contributed by atoms with E-state index in [9.17, 15) is 14.4 Å². The molecule has 3 aliphatic heterocycles.